The number of para-hydroxylation sites is 2. The van der Waals surface area contributed by atoms with Crippen LogP contribution in [0.25, 0.3) is 43.6 Å². The molecular weight excluding hydrogens is 344 g/mol. The molecule has 0 saturated carbocycles. The third-order valence-electron chi connectivity index (χ3n) is 5.70. The minimum atomic E-state index is 0.873. The quantitative estimate of drug-likeness (QED) is 0.423. The van der Waals surface area contributed by atoms with Crippen LogP contribution < -0.4 is 0 Å². The zero-order valence-corrected chi connectivity index (χ0v) is 15.3. The van der Waals surface area contributed by atoms with Crippen LogP contribution in [0.1, 0.15) is 0 Å². The van der Waals surface area contributed by atoms with E-state index in [1.54, 1.807) is 0 Å². The van der Waals surface area contributed by atoms with Gasteiger partial charge in [0.2, 0.25) is 0 Å². The van der Waals surface area contributed by atoms with E-state index in [1.807, 2.05) is 24.8 Å². The summed E-state index contributed by atoms with van der Waals surface area (Å²) in [6.07, 6.45) is 7.70. The topological polar surface area (TPSA) is 35.6 Å². The number of aromatic nitrogens is 4. The Labute approximate surface area is 161 Å². The highest BCUT2D eigenvalue weighted by Gasteiger charge is 2.13. The van der Waals surface area contributed by atoms with Crippen molar-refractivity contribution in [3.05, 3.63) is 85.5 Å². The Morgan fingerprint density at radius 2 is 0.929 bits per heavy atom. The molecule has 0 spiro atoms. The van der Waals surface area contributed by atoms with Gasteiger partial charge in [-0.15, -0.1) is 0 Å². The van der Waals surface area contributed by atoms with Gasteiger partial charge in [-0.3, -0.25) is 9.97 Å². The minimum Gasteiger partial charge on any atom is -0.337 e. The average molecular weight is 362 g/mol. The molecule has 0 aliphatic carbocycles. The number of pyridine rings is 2. The molecule has 6 aromatic rings. The molecule has 4 heteroatoms. The molecule has 4 aromatic heterocycles. The molecule has 4 nitrogen and oxygen atoms in total. The number of hydrogen-bond acceptors (Lipinski definition) is 2. The number of aryl methyl sites for hydroxylation is 2. The highest BCUT2D eigenvalue weighted by Crippen LogP contribution is 2.30. The fourth-order valence-corrected chi connectivity index (χ4v) is 4.47. The molecule has 0 aliphatic heterocycles. The van der Waals surface area contributed by atoms with Gasteiger partial charge in [-0.1, -0.05) is 36.4 Å². The van der Waals surface area contributed by atoms with E-state index in [0.29, 0.717) is 0 Å². The standard InChI is InChI=1S/C24H18N4/c1-3-7-21-17(5-1)19-9-11-25-15-23(19)27(21)13-14-28-22-8-4-2-6-18(22)20-10-12-26-16-24(20)28/h1-12,15-16H,13-14H2. The van der Waals surface area contributed by atoms with Gasteiger partial charge in [0.05, 0.1) is 23.4 Å². The van der Waals surface area contributed by atoms with Crippen LogP contribution in [0.5, 0.6) is 0 Å². The summed E-state index contributed by atoms with van der Waals surface area (Å²) in [7, 11) is 0. The fourth-order valence-electron chi connectivity index (χ4n) is 4.47. The molecule has 0 atom stereocenters. The van der Waals surface area contributed by atoms with Crippen LogP contribution in [0, 0.1) is 0 Å². The highest BCUT2D eigenvalue weighted by atomic mass is 15.1. The first-order valence-electron chi connectivity index (χ1n) is 9.54. The van der Waals surface area contributed by atoms with Gasteiger partial charge in [-0.25, -0.2) is 0 Å². The molecule has 6 rings (SSSR count). The van der Waals surface area contributed by atoms with Gasteiger partial charge in [-0.2, -0.15) is 0 Å². The van der Waals surface area contributed by atoms with Crippen molar-refractivity contribution in [2.75, 3.05) is 0 Å². The van der Waals surface area contributed by atoms with Crippen molar-refractivity contribution in [3.8, 4) is 0 Å². The van der Waals surface area contributed by atoms with Crippen molar-refractivity contribution in [1.29, 1.82) is 0 Å². The monoisotopic (exact) mass is 362 g/mol. The van der Waals surface area contributed by atoms with Gasteiger partial charge in [0.25, 0.3) is 0 Å². The fraction of sp³-hybridized carbons (Fsp3) is 0.0833. The van der Waals surface area contributed by atoms with Crippen molar-refractivity contribution in [1.82, 2.24) is 19.1 Å². The Bertz CT molecular complexity index is 1250. The molecule has 0 N–H and O–H groups in total. The summed E-state index contributed by atoms with van der Waals surface area (Å²) in [6, 6.07) is 21.4. The largest absolute Gasteiger partial charge is 0.337 e. The van der Waals surface area contributed by atoms with E-state index >= 15 is 0 Å². The average Bonchev–Trinajstić information content (AvgIpc) is 3.26. The van der Waals surface area contributed by atoms with Gasteiger partial charge < -0.3 is 9.13 Å². The molecule has 2 aromatic carbocycles. The van der Waals surface area contributed by atoms with E-state index in [0.717, 1.165) is 13.1 Å². The Morgan fingerprint density at radius 3 is 1.43 bits per heavy atom. The Morgan fingerprint density at radius 1 is 0.500 bits per heavy atom. The van der Waals surface area contributed by atoms with E-state index in [9.17, 15) is 0 Å². The third kappa shape index (κ3) is 2.12. The number of hydrogen-bond donors (Lipinski definition) is 0. The molecule has 134 valence electrons. The van der Waals surface area contributed by atoms with E-state index in [2.05, 4.69) is 79.8 Å². The van der Waals surface area contributed by atoms with Crippen LogP contribution in [-0.4, -0.2) is 19.1 Å². The van der Waals surface area contributed by atoms with Crippen LogP contribution in [0.15, 0.2) is 85.5 Å². The predicted molar refractivity (Wildman–Crippen MR) is 114 cm³/mol. The molecule has 0 unspecified atom stereocenters. The first-order chi connectivity index (χ1) is 13.9. The van der Waals surface area contributed by atoms with E-state index in [1.165, 1.54) is 43.6 Å². The summed E-state index contributed by atoms with van der Waals surface area (Å²) >= 11 is 0. The molecule has 0 bridgehead atoms. The minimum absolute atomic E-state index is 0.873. The van der Waals surface area contributed by atoms with Gasteiger partial charge >= 0.3 is 0 Å². The van der Waals surface area contributed by atoms with Crippen LogP contribution in [0.4, 0.5) is 0 Å². The second kappa shape index (κ2) is 5.92. The lowest BCUT2D eigenvalue weighted by Crippen LogP contribution is -2.07. The SMILES string of the molecule is c1ccc2c(c1)c1ccncc1n2CCn1c2ccccc2c2ccncc21. The molecule has 28 heavy (non-hydrogen) atoms. The number of benzene rings is 2. The number of nitrogens with zero attached hydrogens (tertiary/aromatic N) is 4. The van der Waals surface area contributed by atoms with Gasteiger partial charge in [0, 0.05) is 58.1 Å². The zero-order chi connectivity index (χ0) is 18.5. The van der Waals surface area contributed by atoms with Gasteiger partial charge in [0.15, 0.2) is 0 Å². The van der Waals surface area contributed by atoms with Crippen LogP contribution in [0.2, 0.25) is 0 Å². The lowest BCUT2D eigenvalue weighted by atomic mass is 10.2. The van der Waals surface area contributed by atoms with Gasteiger partial charge in [-0.05, 0) is 24.3 Å². The number of rotatable bonds is 3. The summed E-state index contributed by atoms with van der Waals surface area (Å²) < 4.78 is 4.77. The summed E-state index contributed by atoms with van der Waals surface area (Å²) in [5.74, 6) is 0. The van der Waals surface area contributed by atoms with Crippen molar-refractivity contribution in [2.45, 2.75) is 13.1 Å². The highest BCUT2D eigenvalue weighted by molar-refractivity contribution is 6.08. The summed E-state index contributed by atoms with van der Waals surface area (Å²) in [6.45, 7) is 1.75. The normalized spacial score (nSPS) is 11.9. The molecule has 4 heterocycles. The first kappa shape index (κ1) is 15.4. The van der Waals surface area contributed by atoms with Crippen LogP contribution in [0.3, 0.4) is 0 Å². The second-order valence-electron chi connectivity index (χ2n) is 7.12. The molecule has 0 amide bonds. The van der Waals surface area contributed by atoms with Gasteiger partial charge in [0.1, 0.15) is 0 Å². The Kier molecular flexibility index (Phi) is 3.26. The summed E-state index contributed by atoms with van der Waals surface area (Å²) in [5.41, 5.74) is 4.87. The van der Waals surface area contributed by atoms with E-state index in [4.69, 9.17) is 0 Å². The van der Waals surface area contributed by atoms with Crippen molar-refractivity contribution in [3.63, 3.8) is 0 Å². The van der Waals surface area contributed by atoms with Crippen LogP contribution >= 0.6 is 0 Å². The van der Waals surface area contributed by atoms with Crippen molar-refractivity contribution < 1.29 is 0 Å². The lowest BCUT2D eigenvalue weighted by molar-refractivity contribution is 0.630. The Balaban J connectivity index is 1.53. The van der Waals surface area contributed by atoms with Crippen LogP contribution in [-0.2, 0) is 13.1 Å². The Hall–Kier alpha value is -3.66. The molecule has 0 fully saturated rings. The smallest absolute Gasteiger partial charge is 0.0678 e. The number of fused-ring (bicyclic) bond motifs is 6. The predicted octanol–water partition coefficient (Wildman–Crippen LogP) is 5.39. The maximum absolute atomic E-state index is 4.38. The second-order valence-corrected chi connectivity index (χ2v) is 7.12. The molecular formula is C24H18N4. The lowest BCUT2D eigenvalue weighted by Gasteiger charge is -2.11. The maximum atomic E-state index is 4.38. The maximum Gasteiger partial charge on any atom is 0.0678 e. The first-order valence-corrected chi connectivity index (χ1v) is 9.54. The summed E-state index contributed by atoms with van der Waals surface area (Å²) in [4.78, 5) is 8.75. The molecule has 0 saturated heterocycles. The van der Waals surface area contributed by atoms with E-state index < -0.39 is 0 Å². The third-order valence-corrected chi connectivity index (χ3v) is 5.70. The summed E-state index contributed by atoms with van der Waals surface area (Å²) in [5, 5.41) is 5.08. The molecule has 0 aliphatic rings. The zero-order valence-electron chi connectivity index (χ0n) is 15.3. The van der Waals surface area contributed by atoms with Crippen molar-refractivity contribution >= 4 is 43.6 Å². The molecule has 0 radical (unpaired) electrons. The van der Waals surface area contributed by atoms with E-state index in [-0.39, 0.29) is 0 Å². The van der Waals surface area contributed by atoms with Crippen molar-refractivity contribution in [2.24, 2.45) is 0 Å².